The van der Waals surface area contributed by atoms with Crippen LogP contribution in [0.25, 0.3) is 0 Å². The molecule has 1 saturated carbocycles. The van der Waals surface area contributed by atoms with Crippen molar-refractivity contribution in [3.05, 3.63) is 0 Å². The van der Waals surface area contributed by atoms with Gasteiger partial charge < -0.3 is 15.3 Å². The number of hydrogen-bond acceptors (Lipinski definition) is 4. The zero-order chi connectivity index (χ0) is 14.8. The van der Waals surface area contributed by atoms with Gasteiger partial charge in [0.25, 0.3) is 0 Å². The van der Waals surface area contributed by atoms with Crippen LogP contribution >= 0.6 is 11.8 Å². The molecule has 6 nitrogen and oxygen atoms in total. The van der Waals surface area contributed by atoms with Crippen LogP contribution in [-0.4, -0.2) is 76.7 Å². The van der Waals surface area contributed by atoms with Gasteiger partial charge in [-0.25, -0.2) is 4.79 Å². The van der Waals surface area contributed by atoms with Crippen molar-refractivity contribution in [1.29, 1.82) is 0 Å². The molecule has 0 bridgehead atoms. The summed E-state index contributed by atoms with van der Waals surface area (Å²) in [6, 6.07) is -0.501. The largest absolute Gasteiger partial charge is 0.480 e. The second-order valence-electron chi connectivity index (χ2n) is 5.58. The summed E-state index contributed by atoms with van der Waals surface area (Å²) < 4.78 is 0.273. The number of aliphatic carboxylic acids is 1. The Hall–Kier alpha value is -0.950. The highest BCUT2D eigenvalue weighted by atomic mass is 32.2. The summed E-state index contributed by atoms with van der Waals surface area (Å²) in [5.74, 6) is -0.807. The third kappa shape index (κ3) is 3.58. The molecule has 7 heteroatoms. The number of nitrogens with one attached hydrogen (secondary N) is 1. The van der Waals surface area contributed by atoms with Gasteiger partial charge in [0.2, 0.25) is 0 Å². The van der Waals surface area contributed by atoms with E-state index < -0.39 is 12.0 Å². The highest BCUT2D eigenvalue weighted by molar-refractivity contribution is 8.00. The molecule has 1 aliphatic carbocycles. The number of nitrogens with zero attached hydrogens (tertiary/aromatic N) is 2. The summed E-state index contributed by atoms with van der Waals surface area (Å²) in [7, 11) is 0. The van der Waals surface area contributed by atoms with Gasteiger partial charge >= 0.3 is 12.0 Å². The number of rotatable bonds is 5. The van der Waals surface area contributed by atoms with Crippen molar-refractivity contribution < 1.29 is 14.7 Å². The number of urea groups is 1. The van der Waals surface area contributed by atoms with E-state index in [2.05, 4.69) is 11.6 Å². The molecule has 2 fully saturated rings. The lowest BCUT2D eigenvalue weighted by Gasteiger charge is -2.36. The van der Waals surface area contributed by atoms with Crippen LogP contribution in [0.2, 0.25) is 0 Å². The lowest BCUT2D eigenvalue weighted by molar-refractivity contribution is -0.143. The number of hydrogen-bond donors (Lipinski definition) is 2. The second-order valence-corrected chi connectivity index (χ2v) is 6.86. The van der Waals surface area contributed by atoms with Gasteiger partial charge in [0, 0.05) is 37.5 Å². The summed E-state index contributed by atoms with van der Waals surface area (Å²) in [5, 5.41) is 12.0. The van der Waals surface area contributed by atoms with Gasteiger partial charge in [-0.3, -0.25) is 9.69 Å². The lowest BCUT2D eigenvalue weighted by atomic mass is 10.2. The van der Waals surface area contributed by atoms with Gasteiger partial charge in [-0.1, -0.05) is 0 Å². The van der Waals surface area contributed by atoms with E-state index in [-0.39, 0.29) is 10.8 Å². The van der Waals surface area contributed by atoms with Crippen LogP contribution in [0.1, 0.15) is 19.8 Å². The van der Waals surface area contributed by atoms with Crippen LogP contribution in [0.15, 0.2) is 0 Å². The number of piperazine rings is 1. The molecule has 20 heavy (non-hydrogen) atoms. The summed E-state index contributed by atoms with van der Waals surface area (Å²) in [4.78, 5) is 26.7. The maximum Gasteiger partial charge on any atom is 0.320 e. The molecule has 2 rings (SSSR count). The van der Waals surface area contributed by atoms with Crippen molar-refractivity contribution in [2.45, 2.75) is 30.6 Å². The Labute approximate surface area is 123 Å². The molecule has 0 aromatic carbocycles. The average Bonchev–Trinajstić information content (AvgIpc) is 3.24. The number of amides is 2. The van der Waals surface area contributed by atoms with Gasteiger partial charge in [0.15, 0.2) is 0 Å². The van der Waals surface area contributed by atoms with Crippen LogP contribution in [0.3, 0.4) is 0 Å². The monoisotopic (exact) mass is 301 g/mol. The highest BCUT2D eigenvalue weighted by Gasteiger charge is 2.42. The Kier molecular flexibility index (Phi) is 4.80. The van der Waals surface area contributed by atoms with Gasteiger partial charge in [-0.2, -0.15) is 11.8 Å². The van der Waals surface area contributed by atoms with Crippen LogP contribution in [-0.2, 0) is 4.79 Å². The Morgan fingerprint density at radius 2 is 1.90 bits per heavy atom. The second kappa shape index (κ2) is 6.22. The van der Waals surface area contributed by atoms with Crippen LogP contribution < -0.4 is 5.32 Å². The standard InChI is InChI=1S/C13H23N3O3S/c1-10(11(17)18)15-5-7-16(8-6-15)12(19)14-9-13(20-2)3-4-13/h10H,3-9H2,1-2H3,(H,14,19)(H,17,18). The number of thioether (sulfide) groups is 1. The molecule has 2 aliphatic rings. The molecule has 1 aliphatic heterocycles. The molecule has 1 heterocycles. The van der Waals surface area contributed by atoms with Gasteiger partial charge in [0.05, 0.1) is 0 Å². The first-order chi connectivity index (χ1) is 9.47. The van der Waals surface area contributed by atoms with Crippen LogP contribution in [0.5, 0.6) is 0 Å². The zero-order valence-electron chi connectivity index (χ0n) is 12.1. The van der Waals surface area contributed by atoms with Crippen LogP contribution in [0, 0.1) is 0 Å². The minimum Gasteiger partial charge on any atom is -0.480 e. The van der Waals surface area contributed by atoms with Crippen molar-refractivity contribution in [1.82, 2.24) is 15.1 Å². The van der Waals surface area contributed by atoms with Gasteiger partial charge in [-0.15, -0.1) is 0 Å². The van der Waals surface area contributed by atoms with Gasteiger partial charge in [-0.05, 0) is 26.0 Å². The summed E-state index contributed by atoms with van der Waals surface area (Å²) in [5.41, 5.74) is 0. The molecular weight excluding hydrogens is 278 g/mol. The Bertz CT molecular complexity index is 379. The fourth-order valence-corrected chi connectivity index (χ4v) is 3.14. The summed E-state index contributed by atoms with van der Waals surface area (Å²) >= 11 is 1.83. The zero-order valence-corrected chi connectivity index (χ0v) is 12.9. The van der Waals surface area contributed by atoms with Crippen molar-refractivity contribution in [3.63, 3.8) is 0 Å². The Morgan fingerprint density at radius 1 is 1.30 bits per heavy atom. The maximum absolute atomic E-state index is 12.1. The normalized spacial score (nSPS) is 23.2. The van der Waals surface area contributed by atoms with Crippen molar-refractivity contribution in [2.75, 3.05) is 39.0 Å². The molecule has 2 N–H and O–H groups in total. The summed E-state index contributed by atoms with van der Waals surface area (Å²) in [6.45, 7) is 4.85. The highest BCUT2D eigenvalue weighted by Crippen LogP contribution is 2.46. The van der Waals surface area contributed by atoms with E-state index in [1.54, 1.807) is 11.8 Å². The van der Waals surface area contributed by atoms with Crippen LogP contribution in [0.4, 0.5) is 4.79 Å². The molecule has 1 unspecified atom stereocenters. The SMILES string of the molecule is CSC1(CNC(=O)N2CCN(C(C)C(=O)O)CC2)CC1. The van der Waals surface area contributed by atoms with Crippen molar-refractivity contribution in [2.24, 2.45) is 0 Å². The minimum absolute atomic E-state index is 0.0204. The van der Waals surface area contributed by atoms with E-state index in [0.29, 0.717) is 26.2 Å². The van der Waals surface area contributed by atoms with E-state index in [1.807, 2.05) is 16.7 Å². The molecule has 1 saturated heterocycles. The Morgan fingerprint density at radius 3 is 2.35 bits per heavy atom. The fourth-order valence-electron chi connectivity index (χ4n) is 2.41. The Balaban J connectivity index is 1.73. The molecular formula is C13H23N3O3S. The number of carbonyl (C=O) groups excluding carboxylic acids is 1. The first kappa shape index (κ1) is 15.4. The molecule has 0 spiro atoms. The number of carbonyl (C=O) groups is 2. The van der Waals surface area contributed by atoms with Crippen molar-refractivity contribution >= 4 is 23.8 Å². The van der Waals surface area contributed by atoms with Crippen molar-refractivity contribution in [3.8, 4) is 0 Å². The molecule has 0 aromatic heterocycles. The lowest BCUT2D eigenvalue weighted by Crippen LogP contribution is -2.55. The average molecular weight is 301 g/mol. The van der Waals surface area contributed by atoms with E-state index >= 15 is 0 Å². The third-order valence-corrected chi connectivity index (χ3v) is 5.73. The third-order valence-electron chi connectivity index (χ3n) is 4.31. The number of carboxylic acid groups (broad SMARTS) is 1. The molecule has 114 valence electrons. The first-order valence-electron chi connectivity index (χ1n) is 7.02. The molecule has 1 atom stereocenters. The predicted molar refractivity (Wildman–Crippen MR) is 79.1 cm³/mol. The van der Waals surface area contributed by atoms with E-state index in [1.165, 1.54) is 12.8 Å². The minimum atomic E-state index is -0.807. The topological polar surface area (TPSA) is 72.9 Å². The van der Waals surface area contributed by atoms with E-state index in [9.17, 15) is 9.59 Å². The van der Waals surface area contributed by atoms with E-state index in [4.69, 9.17) is 5.11 Å². The molecule has 2 amide bonds. The first-order valence-corrected chi connectivity index (χ1v) is 8.25. The molecule has 0 radical (unpaired) electrons. The summed E-state index contributed by atoms with van der Waals surface area (Å²) in [6.07, 6.45) is 4.45. The number of carboxylic acids is 1. The van der Waals surface area contributed by atoms with E-state index in [0.717, 1.165) is 6.54 Å². The predicted octanol–water partition coefficient (Wildman–Crippen LogP) is 0.682. The quantitative estimate of drug-likeness (QED) is 0.781. The maximum atomic E-state index is 12.1. The van der Waals surface area contributed by atoms with Gasteiger partial charge in [0.1, 0.15) is 6.04 Å². The molecule has 0 aromatic rings. The smallest absolute Gasteiger partial charge is 0.320 e. The fraction of sp³-hybridized carbons (Fsp3) is 0.846.